The first-order valence-corrected chi connectivity index (χ1v) is 6.86. The fraction of sp³-hybridized carbons (Fsp3) is 0.182. The van der Waals surface area contributed by atoms with Crippen LogP contribution in [0.2, 0.25) is 5.02 Å². The molecule has 0 amide bonds. The smallest absolute Gasteiger partial charge is 0.222 e. The number of amidine groups is 1. The van der Waals surface area contributed by atoms with E-state index in [1.165, 1.54) is 0 Å². The van der Waals surface area contributed by atoms with Crippen molar-refractivity contribution in [2.75, 3.05) is 0 Å². The van der Waals surface area contributed by atoms with Crippen LogP contribution >= 0.6 is 23.4 Å². The van der Waals surface area contributed by atoms with Crippen LogP contribution in [-0.2, 0) is 5.75 Å². The van der Waals surface area contributed by atoms with E-state index < -0.39 is 0 Å². The number of rotatable bonds is 2. The summed E-state index contributed by atoms with van der Waals surface area (Å²) in [5, 5.41) is 12.9. The lowest BCUT2D eigenvalue weighted by Gasteiger charge is -2.13. The SMILES string of the molecule is NC1=NC2=NN=NC2C(SCc2ccc(Cl)cc2)=N1. The van der Waals surface area contributed by atoms with Gasteiger partial charge in [0.25, 0.3) is 0 Å². The molecular formula is C11H9ClN6S. The van der Waals surface area contributed by atoms with Crippen LogP contribution in [0.3, 0.4) is 0 Å². The summed E-state index contributed by atoms with van der Waals surface area (Å²) in [5.74, 6) is 1.45. The minimum Gasteiger partial charge on any atom is -0.368 e. The Morgan fingerprint density at radius 1 is 1.21 bits per heavy atom. The van der Waals surface area contributed by atoms with Crippen LogP contribution in [0, 0.1) is 0 Å². The van der Waals surface area contributed by atoms with Gasteiger partial charge in [0.2, 0.25) is 5.96 Å². The number of guanidine groups is 1. The Hall–Kier alpha value is -1.73. The van der Waals surface area contributed by atoms with Gasteiger partial charge in [0.1, 0.15) is 5.04 Å². The molecule has 3 rings (SSSR count). The Balaban J connectivity index is 1.73. The highest BCUT2D eigenvalue weighted by atomic mass is 35.5. The van der Waals surface area contributed by atoms with Gasteiger partial charge in [0, 0.05) is 10.8 Å². The molecule has 1 atom stereocenters. The Bertz CT molecular complexity index is 619. The average Bonchev–Trinajstić information content (AvgIpc) is 2.85. The number of benzene rings is 1. The molecule has 8 heteroatoms. The second kappa shape index (κ2) is 5.10. The Labute approximate surface area is 118 Å². The Morgan fingerprint density at radius 3 is 2.79 bits per heavy atom. The quantitative estimate of drug-likeness (QED) is 0.907. The number of nitrogens with two attached hydrogens (primary N) is 1. The van der Waals surface area contributed by atoms with Crippen LogP contribution in [0.4, 0.5) is 0 Å². The van der Waals surface area contributed by atoms with Crippen LogP contribution in [0.15, 0.2) is 49.7 Å². The summed E-state index contributed by atoms with van der Waals surface area (Å²) < 4.78 is 0. The fourth-order valence-corrected chi connectivity index (χ4v) is 2.74. The number of nitrogens with zero attached hydrogens (tertiary/aromatic N) is 5. The van der Waals surface area contributed by atoms with E-state index in [1.807, 2.05) is 24.3 Å². The maximum atomic E-state index is 5.85. The van der Waals surface area contributed by atoms with E-state index in [1.54, 1.807) is 11.8 Å². The van der Waals surface area contributed by atoms with Gasteiger partial charge in [-0.15, -0.1) is 16.9 Å². The topological polar surface area (TPSA) is 87.8 Å². The molecule has 1 aromatic rings. The fourth-order valence-electron chi connectivity index (χ4n) is 1.64. The average molecular weight is 293 g/mol. The molecule has 2 N–H and O–H groups in total. The number of hydrogen-bond acceptors (Lipinski definition) is 7. The number of hydrogen-bond donors (Lipinski definition) is 1. The standard InChI is InChI=1S/C11H9ClN6S/c12-7-3-1-6(2-4-7)5-19-10-8-9(17-18-16-8)14-11(13)15-10/h1-4,8H,5H2,(H2,13,14,16,17). The molecule has 1 unspecified atom stereocenters. The van der Waals surface area contributed by atoms with Crippen molar-refractivity contribution >= 4 is 40.2 Å². The first-order valence-electron chi connectivity index (χ1n) is 5.50. The summed E-state index contributed by atoms with van der Waals surface area (Å²) in [6.45, 7) is 0. The molecule has 2 aliphatic rings. The minimum absolute atomic E-state index is 0.195. The largest absolute Gasteiger partial charge is 0.368 e. The molecule has 96 valence electrons. The molecule has 0 bridgehead atoms. The normalized spacial score (nSPS) is 20.7. The first-order chi connectivity index (χ1) is 9.22. The van der Waals surface area contributed by atoms with Crippen LogP contribution in [0.5, 0.6) is 0 Å². The van der Waals surface area contributed by atoms with Crippen molar-refractivity contribution in [2.45, 2.75) is 11.8 Å². The highest BCUT2D eigenvalue weighted by molar-refractivity contribution is 8.13. The summed E-state index contributed by atoms with van der Waals surface area (Å²) in [5.41, 5.74) is 6.78. The van der Waals surface area contributed by atoms with Crippen LogP contribution in [-0.4, -0.2) is 22.9 Å². The van der Waals surface area contributed by atoms with Gasteiger partial charge in [-0.2, -0.15) is 10.1 Å². The van der Waals surface area contributed by atoms with Gasteiger partial charge in [0.05, 0.1) is 0 Å². The molecule has 2 aliphatic heterocycles. The molecule has 19 heavy (non-hydrogen) atoms. The first kappa shape index (κ1) is 12.3. The van der Waals surface area contributed by atoms with E-state index in [0.717, 1.165) is 21.4 Å². The molecule has 0 fully saturated rings. The minimum atomic E-state index is -0.301. The molecule has 0 spiro atoms. The lowest BCUT2D eigenvalue weighted by molar-refractivity contribution is 1.00. The third-order valence-electron chi connectivity index (χ3n) is 2.55. The molecule has 0 saturated heterocycles. The van der Waals surface area contributed by atoms with Crippen molar-refractivity contribution < 1.29 is 0 Å². The highest BCUT2D eigenvalue weighted by Crippen LogP contribution is 2.24. The Kier molecular flexibility index (Phi) is 3.31. The zero-order valence-corrected chi connectivity index (χ0v) is 11.3. The van der Waals surface area contributed by atoms with Crippen LogP contribution < -0.4 is 5.73 Å². The molecule has 2 heterocycles. The molecule has 0 radical (unpaired) electrons. The van der Waals surface area contributed by atoms with Gasteiger partial charge in [0.15, 0.2) is 11.9 Å². The van der Waals surface area contributed by atoms with Gasteiger partial charge in [-0.05, 0) is 22.9 Å². The molecular weight excluding hydrogens is 284 g/mol. The van der Waals surface area contributed by atoms with E-state index in [0.29, 0.717) is 5.84 Å². The van der Waals surface area contributed by atoms with Crippen molar-refractivity contribution in [3.8, 4) is 0 Å². The summed E-state index contributed by atoms with van der Waals surface area (Å²) in [4.78, 5) is 8.20. The molecule has 1 aromatic carbocycles. The lowest BCUT2D eigenvalue weighted by Crippen LogP contribution is -2.31. The zero-order chi connectivity index (χ0) is 13.2. The van der Waals surface area contributed by atoms with Crippen LogP contribution in [0.25, 0.3) is 0 Å². The Morgan fingerprint density at radius 2 is 2.00 bits per heavy atom. The third kappa shape index (κ3) is 2.66. The third-order valence-corrected chi connectivity index (χ3v) is 3.89. The molecule has 0 saturated carbocycles. The monoisotopic (exact) mass is 292 g/mol. The summed E-state index contributed by atoms with van der Waals surface area (Å²) in [6, 6.07) is 7.36. The van der Waals surface area contributed by atoms with Gasteiger partial charge >= 0.3 is 0 Å². The van der Waals surface area contributed by atoms with E-state index in [4.69, 9.17) is 17.3 Å². The lowest BCUT2D eigenvalue weighted by atomic mass is 10.2. The maximum Gasteiger partial charge on any atom is 0.222 e. The second-order valence-electron chi connectivity index (χ2n) is 3.90. The van der Waals surface area contributed by atoms with Gasteiger partial charge in [-0.3, -0.25) is 0 Å². The van der Waals surface area contributed by atoms with Gasteiger partial charge in [-0.1, -0.05) is 23.7 Å². The number of aliphatic imine (C=N–C) groups is 2. The number of fused-ring (bicyclic) bond motifs is 1. The van der Waals surface area contributed by atoms with Gasteiger partial charge < -0.3 is 5.73 Å². The van der Waals surface area contributed by atoms with E-state index in [9.17, 15) is 0 Å². The zero-order valence-electron chi connectivity index (χ0n) is 9.69. The van der Waals surface area contributed by atoms with Gasteiger partial charge in [-0.25, -0.2) is 4.99 Å². The van der Waals surface area contributed by atoms with Crippen molar-refractivity contribution in [3.63, 3.8) is 0 Å². The van der Waals surface area contributed by atoms with Crippen LogP contribution in [0.1, 0.15) is 5.56 Å². The van der Waals surface area contributed by atoms with E-state index in [-0.39, 0.29) is 12.0 Å². The van der Waals surface area contributed by atoms with E-state index >= 15 is 0 Å². The molecule has 0 aromatic heterocycles. The highest BCUT2D eigenvalue weighted by Gasteiger charge is 2.30. The predicted octanol–water partition coefficient (Wildman–Crippen LogP) is 2.45. The summed E-state index contributed by atoms with van der Waals surface area (Å²) >= 11 is 7.39. The van der Waals surface area contributed by atoms with Crippen molar-refractivity contribution in [1.29, 1.82) is 0 Å². The number of halogens is 1. The predicted molar refractivity (Wildman–Crippen MR) is 77.9 cm³/mol. The number of thioether (sulfide) groups is 1. The van der Waals surface area contributed by atoms with Crippen molar-refractivity contribution in [1.82, 2.24) is 0 Å². The van der Waals surface area contributed by atoms with Crippen molar-refractivity contribution in [3.05, 3.63) is 34.9 Å². The van der Waals surface area contributed by atoms with Crippen molar-refractivity contribution in [2.24, 2.45) is 31.2 Å². The summed E-state index contributed by atoms with van der Waals surface area (Å²) in [6.07, 6.45) is 0. The summed E-state index contributed by atoms with van der Waals surface area (Å²) in [7, 11) is 0. The second-order valence-corrected chi connectivity index (χ2v) is 5.33. The maximum absolute atomic E-state index is 5.85. The molecule has 0 aliphatic carbocycles. The molecule has 6 nitrogen and oxygen atoms in total. The van der Waals surface area contributed by atoms with E-state index in [2.05, 4.69) is 25.4 Å².